The summed E-state index contributed by atoms with van der Waals surface area (Å²) in [5, 5.41) is 0. The molecule has 0 aromatic heterocycles. The molecule has 3 heteroatoms. The first-order chi connectivity index (χ1) is 7.71. The summed E-state index contributed by atoms with van der Waals surface area (Å²) in [6.07, 6.45) is 8.01. The molecule has 0 unspecified atom stereocenters. The molecule has 0 bridgehead atoms. The van der Waals surface area contributed by atoms with E-state index in [1.54, 1.807) is 12.1 Å². The van der Waals surface area contributed by atoms with E-state index in [9.17, 15) is 8.42 Å². The molecule has 1 heterocycles. The lowest BCUT2D eigenvalue weighted by molar-refractivity contribution is 0.602. The summed E-state index contributed by atoms with van der Waals surface area (Å²) in [7, 11) is -3.25. The van der Waals surface area contributed by atoms with Crippen molar-refractivity contribution in [2.45, 2.75) is 11.3 Å². The van der Waals surface area contributed by atoms with Gasteiger partial charge in [-0.2, -0.15) is 0 Å². The summed E-state index contributed by atoms with van der Waals surface area (Å²) in [6, 6.07) is 7.18. The van der Waals surface area contributed by atoms with Gasteiger partial charge in [0.25, 0.3) is 0 Å². The van der Waals surface area contributed by atoms with Crippen molar-refractivity contribution in [3.63, 3.8) is 0 Å². The van der Waals surface area contributed by atoms with E-state index in [2.05, 4.69) is 0 Å². The molecule has 1 aromatic rings. The van der Waals surface area contributed by atoms with E-state index in [1.807, 2.05) is 36.4 Å². The molecule has 0 N–H and O–H groups in total. The molecule has 1 aliphatic heterocycles. The third-order valence-electron chi connectivity index (χ3n) is 2.90. The fourth-order valence-electron chi connectivity index (χ4n) is 2.16. The standard InChI is InChI=1S/C13H10O2S/c14-16(15)12-8-3-1-2-6-10(12)11-7-4-5-9-13(11)16/h1-7,9H,8H2. The van der Waals surface area contributed by atoms with Gasteiger partial charge < -0.3 is 0 Å². The largest absolute Gasteiger partial charge is 0.219 e. The fourth-order valence-corrected chi connectivity index (χ4v) is 3.93. The van der Waals surface area contributed by atoms with Gasteiger partial charge in [-0.3, -0.25) is 0 Å². The molecule has 1 aromatic carbocycles. The molecule has 16 heavy (non-hydrogen) atoms. The Morgan fingerprint density at radius 3 is 2.75 bits per heavy atom. The zero-order valence-electron chi connectivity index (χ0n) is 8.55. The maximum atomic E-state index is 12.2. The van der Waals surface area contributed by atoms with Crippen LogP contribution in [0.3, 0.4) is 0 Å². The molecule has 1 aliphatic carbocycles. The minimum Gasteiger partial charge on any atom is -0.219 e. The quantitative estimate of drug-likeness (QED) is 0.686. The third kappa shape index (κ3) is 1.15. The minimum atomic E-state index is -3.25. The highest BCUT2D eigenvalue weighted by atomic mass is 32.2. The topological polar surface area (TPSA) is 34.1 Å². The first-order valence-corrected chi connectivity index (χ1v) is 6.60. The van der Waals surface area contributed by atoms with Crippen molar-refractivity contribution in [2.75, 3.05) is 0 Å². The van der Waals surface area contributed by atoms with Crippen LogP contribution in [0.1, 0.15) is 12.0 Å². The summed E-state index contributed by atoms with van der Waals surface area (Å²) in [6.45, 7) is 0. The van der Waals surface area contributed by atoms with Crippen LogP contribution < -0.4 is 0 Å². The monoisotopic (exact) mass is 230 g/mol. The van der Waals surface area contributed by atoms with E-state index in [-0.39, 0.29) is 0 Å². The predicted octanol–water partition coefficient (Wildman–Crippen LogP) is 2.70. The van der Waals surface area contributed by atoms with Crippen molar-refractivity contribution in [3.8, 4) is 0 Å². The number of allylic oxidation sites excluding steroid dienone is 6. The van der Waals surface area contributed by atoms with Crippen LogP contribution in [0.4, 0.5) is 0 Å². The lowest BCUT2D eigenvalue weighted by Gasteiger charge is -1.99. The molecule has 0 spiro atoms. The van der Waals surface area contributed by atoms with Gasteiger partial charge in [0.1, 0.15) is 0 Å². The molecule has 0 atom stereocenters. The van der Waals surface area contributed by atoms with Crippen molar-refractivity contribution in [2.24, 2.45) is 0 Å². The average Bonchev–Trinajstić information content (AvgIpc) is 2.50. The zero-order valence-corrected chi connectivity index (χ0v) is 9.37. The number of fused-ring (bicyclic) bond motifs is 2. The van der Waals surface area contributed by atoms with Crippen molar-refractivity contribution >= 4 is 15.4 Å². The molecule has 0 amide bonds. The van der Waals surface area contributed by atoms with Gasteiger partial charge >= 0.3 is 0 Å². The van der Waals surface area contributed by atoms with E-state index < -0.39 is 9.84 Å². The van der Waals surface area contributed by atoms with Gasteiger partial charge in [0, 0.05) is 12.0 Å². The van der Waals surface area contributed by atoms with Crippen molar-refractivity contribution < 1.29 is 8.42 Å². The van der Waals surface area contributed by atoms with E-state index in [0.717, 1.165) is 11.1 Å². The van der Waals surface area contributed by atoms with Crippen LogP contribution in [0.15, 0.2) is 58.4 Å². The normalized spacial score (nSPS) is 20.5. The summed E-state index contributed by atoms with van der Waals surface area (Å²) < 4.78 is 24.5. The van der Waals surface area contributed by atoms with Gasteiger partial charge in [-0.1, -0.05) is 42.5 Å². The molecular formula is C13H10O2S. The van der Waals surface area contributed by atoms with Crippen molar-refractivity contribution in [3.05, 3.63) is 59.0 Å². The molecule has 2 nitrogen and oxygen atoms in total. The highest BCUT2D eigenvalue weighted by Crippen LogP contribution is 2.41. The summed E-state index contributed by atoms with van der Waals surface area (Å²) in [5.74, 6) is 0. The Hall–Kier alpha value is -1.61. The first kappa shape index (κ1) is 9.60. The lowest BCUT2D eigenvalue weighted by Crippen LogP contribution is -1.99. The molecular weight excluding hydrogens is 220 g/mol. The average molecular weight is 230 g/mol. The molecule has 0 radical (unpaired) electrons. The van der Waals surface area contributed by atoms with E-state index >= 15 is 0 Å². The first-order valence-electron chi connectivity index (χ1n) is 5.12. The second-order valence-electron chi connectivity index (χ2n) is 3.83. The number of sulfone groups is 1. The highest BCUT2D eigenvalue weighted by Gasteiger charge is 2.33. The highest BCUT2D eigenvalue weighted by molar-refractivity contribution is 7.96. The van der Waals surface area contributed by atoms with Crippen LogP contribution in [-0.2, 0) is 9.84 Å². The number of rotatable bonds is 0. The molecule has 0 fully saturated rings. The second kappa shape index (κ2) is 3.19. The number of hydrogen-bond donors (Lipinski definition) is 0. The minimum absolute atomic E-state index is 0.444. The molecule has 3 rings (SSSR count). The van der Waals surface area contributed by atoms with E-state index in [0.29, 0.717) is 16.2 Å². The SMILES string of the molecule is O=S1(=O)C2=C(C=CC=CC2)c2ccccc21. The summed E-state index contributed by atoms with van der Waals surface area (Å²) in [4.78, 5) is 0.971. The van der Waals surface area contributed by atoms with E-state index in [1.165, 1.54) is 0 Å². The smallest absolute Gasteiger partial charge is 0.204 e. The predicted molar refractivity (Wildman–Crippen MR) is 63.4 cm³/mol. The molecule has 0 saturated carbocycles. The van der Waals surface area contributed by atoms with Crippen molar-refractivity contribution in [1.29, 1.82) is 0 Å². The Morgan fingerprint density at radius 2 is 1.88 bits per heavy atom. The van der Waals surface area contributed by atoms with Gasteiger partial charge in [0.05, 0.1) is 9.80 Å². The summed E-state index contributed by atoms with van der Waals surface area (Å²) >= 11 is 0. The number of benzene rings is 1. The Morgan fingerprint density at radius 1 is 1.06 bits per heavy atom. The van der Waals surface area contributed by atoms with Gasteiger partial charge in [0.15, 0.2) is 0 Å². The lowest BCUT2D eigenvalue weighted by atomic mass is 10.1. The Labute approximate surface area is 94.5 Å². The second-order valence-corrected chi connectivity index (χ2v) is 5.77. The Bertz CT molecular complexity index is 646. The van der Waals surface area contributed by atoms with Gasteiger partial charge in [0.2, 0.25) is 9.84 Å². The van der Waals surface area contributed by atoms with Crippen LogP contribution >= 0.6 is 0 Å². The molecule has 2 aliphatic rings. The Balaban J connectivity index is 2.38. The Kier molecular flexibility index (Phi) is 1.91. The molecule has 0 saturated heterocycles. The van der Waals surface area contributed by atoms with Crippen LogP contribution in [0, 0.1) is 0 Å². The van der Waals surface area contributed by atoms with Crippen LogP contribution in [0.5, 0.6) is 0 Å². The van der Waals surface area contributed by atoms with Gasteiger partial charge in [-0.05, 0) is 11.6 Å². The van der Waals surface area contributed by atoms with Crippen LogP contribution in [0.25, 0.3) is 5.57 Å². The summed E-state index contributed by atoms with van der Waals surface area (Å²) in [5.41, 5.74) is 1.68. The van der Waals surface area contributed by atoms with Gasteiger partial charge in [-0.25, -0.2) is 8.42 Å². The maximum absolute atomic E-state index is 12.2. The molecule has 80 valence electrons. The maximum Gasteiger partial charge on any atom is 0.204 e. The van der Waals surface area contributed by atoms with Crippen LogP contribution in [-0.4, -0.2) is 8.42 Å². The van der Waals surface area contributed by atoms with Gasteiger partial charge in [-0.15, -0.1) is 0 Å². The zero-order chi connectivity index (χ0) is 11.2. The van der Waals surface area contributed by atoms with Crippen molar-refractivity contribution in [1.82, 2.24) is 0 Å². The van der Waals surface area contributed by atoms with E-state index in [4.69, 9.17) is 0 Å². The fraction of sp³-hybridized carbons (Fsp3) is 0.0769. The van der Waals surface area contributed by atoms with Crippen LogP contribution in [0.2, 0.25) is 0 Å². The third-order valence-corrected chi connectivity index (χ3v) is 4.88. The number of hydrogen-bond acceptors (Lipinski definition) is 2.